The van der Waals surface area contributed by atoms with Gasteiger partial charge in [-0.25, -0.2) is 4.68 Å². The van der Waals surface area contributed by atoms with E-state index in [9.17, 15) is 9.59 Å². The predicted octanol–water partition coefficient (Wildman–Crippen LogP) is 7.83. The molecule has 3 aliphatic rings. The minimum atomic E-state index is -0.260. The van der Waals surface area contributed by atoms with E-state index in [1.807, 2.05) is 17.0 Å². The van der Waals surface area contributed by atoms with Crippen LogP contribution in [0.15, 0.2) is 103 Å². The summed E-state index contributed by atoms with van der Waals surface area (Å²) in [6.45, 7) is 3.45. The van der Waals surface area contributed by atoms with Gasteiger partial charge >= 0.3 is 0 Å². The predicted molar refractivity (Wildman–Crippen MR) is 175 cm³/mol. The number of carbonyl (C=O) groups excluding carboxylic acids is 2. The van der Waals surface area contributed by atoms with Gasteiger partial charge in [0.25, 0.3) is 11.8 Å². The Bertz CT molecular complexity index is 1790. The highest BCUT2D eigenvalue weighted by Gasteiger charge is 2.34. The maximum absolute atomic E-state index is 12.7. The maximum Gasteiger partial charge on any atom is 0.261 e. The average molecular weight is 600 g/mol. The largest absolute Gasteiger partial charge is 0.492 e. The molecule has 2 unspecified atom stereocenters. The molecule has 1 aromatic heterocycles. The van der Waals surface area contributed by atoms with Crippen molar-refractivity contribution in [2.45, 2.75) is 45.3 Å². The van der Waals surface area contributed by atoms with Crippen molar-refractivity contribution in [1.29, 1.82) is 0 Å². The number of fused-ring (bicyclic) bond motifs is 2. The summed E-state index contributed by atoms with van der Waals surface area (Å²) < 4.78 is 14.1. The second-order valence-corrected chi connectivity index (χ2v) is 11.8. The van der Waals surface area contributed by atoms with Crippen LogP contribution in [0.1, 0.15) is 77.1 Å². The molecule has 1 aliphatic carbocycles. The normalized spacial score (nSPS) is 20.3. The van der Waals surface area contributed by atoms with E-state index in [2.05, 4.69) is 67.6 Å². The first-order chi connectivity index (χ1) is 22.1. The number of ether oxygens (including phenoxy) is 2. The third-order valence-corrected chi connectivity index (χ3v) is 9.03. The Morgan fingerprint density at radius 1 is 0.956 bits per heavy atom. The zero-order chi connectivity index (χ0) is 30.8. The number of rotatable bonds is 9. The van der Waals surface area contributed by atoms with E-state index < -0.39 is 0 Å². The molecule has 3 aromatic carbocycles. The molecule has 0 saturated carbocycles. The van der Waals surface area contributed by atoms with Gasteiger partial charge in [0.15, 0.2) is 6.23 Å². The van der Waals surface area contributed by atoms with Crippen LogP contribution in [-0.4, -0.2) is 46.3 Å². The summed E-state index contributed by atoms with van der Waals surface area (Å²) in [7, 11) is 0. The fourth-order valence-corrected chi connectivity index (χ4v) is 6.79. The summed E-state index contributed by atoms with van der Waals surface area (Å²) in [4.78, 5) is 26.7. The molecule has 0 spiro atoms. The van der Waals surface area contributed by atoms with E-state index in [1.54, 1.807) is 24.3 Å². The SMILES string of the molecule is CC/C(=C(\c1ccc2c(cnn2C2CCCCO2)c1)C1C=CC(OCCN2C(=O)c3ccccc3C2=O)=CC1)c1ccccc1. The molecule has 228 valence electrons. The second-order valence-electron chi connectivity index (χ2n) is 11.8. The number of nitrogens with zero attached hydrogens (tertiary/aromatic N) is 3. The average Bonchev–Trinajstić information content (AvgIpc) is 3.63. The maximum atomic E-state index is 12.7. The van der Waals surface area contributed by atoms with Gasteiger partial charge in [-0.05, 0) is 90.8 Å². The van der Waals surface area contributed by atoms with Crippen LogP contribution in [0.4, 0.5) is 0 Å². The molecule has 45 heavy (non-hydrogen) atoms. The molecule has 3 heterocycles. The van der Waals surface area contributed by atoms with E-state index in [1.165, 1.54) is 27.2 Å². The van der Waals surface area contributed by atoms with Gasteiger partial charge in [0.05, 0.1) is 29.4 Å². The molecule has 7 nitrogen and oxygen atoms in total. The highest BCUT2D eigenvalue weighted by Crippen LogP contribution is 2.40. The highest BCUT2D eigenvalue weighted by molar-refractivity contribution is 6.21. The molecule has 1 saturated heterocycles. The first kappa shape index (κ1) is 29.0. The lowest BCUT2D eigenvalue weighted by atomic mass is 9.81. The third-order valence-electron chi connectivity index (χ3n) is 9.03. The van der Waals surface area contributed by atoms with E-state index in [4.69, 9.17) is 14.6 Å². The topological polar surface area (TPSA) is 73.7 Å². The molecule has 0 radical (unpaired) electrons. The van der Waals surface area contributed by atoms with Gasteiger partial charge in [-0.2, -0.15) is 5.10 Å². The quantitative estimate of drug-likeness (QED) is 0.145. The van der Waals surface area contributed by atoms with Gasteiger partial charge in [0.1, 0.15) is 12.4 Å². The standard InChI is InChI=1S/C38H37N3O4/c1-2-31(26-10-4-3-5-11-26)36(28-17-20-34-29(24-28)25-39-41(34)35-14-8-9-22-45-35)27-15-18-30(19-16-27)44-23-21-40-37(42)32-12-6-7-13-33(32)38(40)43/h3-7,10-13,15,17-20,24-25,27,35H,2,8-9,14,16,21-23H2,1H3/b36-31+. The summed E-state index contributed by atoms with van der Waals surface area (Å²) in [5, 5.41) is 5.84. The van der Waals surface area contributed by atoms with Crippen molar-refractivity contribution in [2.75, 3.05) is 19.8 Å². The van der Waals surface area contributed by atoms with Crippen molar-refractivity contribution >= 4 is 33.9 Å². The van der Waals surface area contributed by atoms with E-state index in [0.717, 1.165) is 55.4 Å². The van der Waals surface area contributed by atoms with Gasteiger partial charge in [0.2, 0.25) is 0 Å². The lowest BCUT2D eigenvalue weighted by Gasteiger charge is -2.25. The first-order valence-electron chi connectivity index (χ1n) is 16.0. The zero-order valence-corrected chi connectivity index (χ0v) is 25.5. The molecular weight excluding hydrogens is 562 g/mol. The van der Waals surface area contributed by atoms with Crippen LogP contribution < -0.4 is 0 Å². The van der Waals surface area contributed by atoms with Gasteiger partial charge in [-0.1, -0.05) is 61.5 Å². The zero-order valence-electron chi connectivity index (χ0n) is 25.5. The molecule has 2 amide bonds. The summed E-state index contributed by atoms with van der Waals surface area (Å²) in [5.74, 6) is 0.384. The number of aromatic nitrogens is 2. The Kier molecular flexibility index (Phi) is 8.18. The lowest BCUT2D eigenvalue weighted by molar-refractivity contribution is -0.0366. The van der Waals surface area contributed by atoms with E-state index >= 15 is 0 Å². The smallest absolute Gasteiger partial charge is 0.261 e. The highest BCUT2D eigenvalue weighted by atomic mass is 16.5. The van der Waals surface area contributed by atoms with E-state index in [0.29, 0.717) is 11.1 Å². The molecule has 7 heteroatoms. The third kappa shape index (κ3) is 5.64. The number of benzene rings is 3. The van der Waals surface area contributed by atoms with Crippen LogP contribution in [0.3, 0.4) is 0 Å². The molecule has 4 aromatic rings. The van der Waals surface area contributed by atoms with Gasteiger partial charge < -0.3 is 9.47 Å². The van der Waals surface area contributed by atoms with Crippen LogP contribution in [-0.2, 0) is 9.47 Å². The Hall–Kier alpha value is -4.75. The van der Waals surface area contributed by atoms with Crippen molar-refractivity contribution in [2.24, 2.45) is 5.92 Å². The van der Waals surface area contributed by atoms with Crippen molar-refractivity contribution in [1.82, 2.24) is 14.7 Å². The fraction of sp³-hybridized carbons (Fsp3) is 0.289. The molecule has 0 bridgehead atoms. The molecule has 1 fully saturated rings. The Balaban J connectivity index is 1.11. The number of amides is 2. The molecule has 2 atom stereocenters. The Morgan fingerprint density at radius 3 is 2.42 bits per heavy atom. The first-order valence-corrected chi connectivity index (χ1v) is 16.0. The lowest BCUT2D eigenvalue weighted by Crippen LogP contribution is -2.33. The molecule has 0 N–H and O–H groups in total. The number of imide groups is 1. The minimum absolute atomic E-state index is 0.00509. The van der Waals surface area contributed by atoms with E-state index in [-0.39, 0.29) is 37.1 Å². The van der Waals surface area contributed by atoms with Crippen molar-refractivity contribution in [3.8, 4) is 0 Å². The van der Waals surface area contributed by atoms with Crippen LogP contribution in [0.2, 0.25) is 0 Å². The van der Waals surface area contributed by atoms with Gasteiger partial charge in [0, 0.05) is 17.9 Å². The number of hydrogen-bond acceptors (Lipinski definition) is 5. The van der Waals surface area contributed by atoms with Crippen molar-refractivity contribution in [3.05, 3.63) is 125 Å². The Morgan fingerprint density at radius 2 is 1.73 bits per heavy atom. The van der Waals surface area contributed by atoms with Crippen LogP contribution in [0.5, 0.6) is 0 Å². The van der Waals surface area contributed by atoms with Crippen LogP contribution in [0.25, 0.3) is 22.0 Å². The molecule has 2 aliphatic heterocycles. The number of carbonyl (C=O) groups is 2. The minimum Gasteiger partial charge on any atom is -0.492 e. The summed E-state index contributed by atoms with van der Waals surface area (Å²) in [6.07, 6.45) is 13.2. The van der Waals surface area contributed by atoms with Crippen LogP contribution in [0, 0.1) is 5.92 Å². The molecule has 7 rings (SSSR count). The van der Waals surface area contributed by atoms with Crippen molar-refractivity contribution in [3.63, 3.8) is 0 Å². The number of hydrogen-bond donors (Lipinski definition) is 0. The second kappa shape index (κ2) is 12.7. The fourth-order valence-electron chi connectivity index (χ4n) is 6.79. The number of allylic oxidation sites excluding steroid dienone is 5. The van der Waals surface area contributed by atoms with Crippen molar-refractivity contribution < 1.29 is 19.1 Å². The monoisotopic (exact) mass is 599 g/mol. The van der Waals surface area contributed by atoms with Crippen LogP contribution >= 0.6 is 0 Å². The Labute approximate surface area is 263 Å². The summed E-state index contributed by atoms with van der Waals surface area (Å²) >= 11 is 0. The molecular formula is C38H37N3O4. The summed E-state index contributed by atoms with van der Waals surface area (Å²) in [5.41, 5.74) is 7.03. The van der Waals surface area contributed by atoms with Gasteiger partial charge in [-0.3, -0.25) is 14.5 Å². The summed E-state index contributed by atoms with van der Waals surface area (Å²) in [6, 6.07) is 24.2. The van der Waals surface area contributed by atoms with Gasteiger partial charge in [-0.15, -0.1) is 0 Å².